The Morgan fingerprint density at radius 1 is 1.23 bits per heavy atom. The number of aromatic hydroxyl groups is 2. The fourth-order valence-electron chi connectivity index (χ4n) is 2.13. The number of benzene rings is 2. The van der Waals surface area contributed by atoms with Gasteiger partial charge in [-0.2, -0.15) is 0 Å². The topological polar surface area (TPSA) is 113 Å². The number of rotatable bonds is 4. The molecule has 2 rings (SSSR count). The van der Waals surface area contributed by atoms with Gasteiger partial charge in [0.1, 0.15) is 11.5 Å². The first-order valence-corrected chi connectivity index (χ1v) is 6.42. The van der Waals surface area contributed by atoms with Gasteiger partial charge >= 0.3 is 0 Å². The van der Waals surface area contributed by atoms with Crippen molar-refractivity contribution < 1.29 is 19.9 Å². The highest BCUT2D eigenvalue weighted by molar-refractivity contribution is 5.74. The molecule has 2 aromatic rings. The van der Waals surface area contributed by atoms with E-state index in [1.54, 1.807) is 6.07 Å². The van der Waals surface area contributed by atoms with Crippen LogP contribution in [0.15, 0.2) is 42.5 Å². The normalized spacial score (nSPS) is 11.7. The van der Waals surface area contributed by atoms with Crippen LogP contribution in [0.2, 0.25) is 0 Å². The number of amides is 1. The summed E-state index contributed by atoms with van der Waals surface area (Å²) < 4.78 is 0. The van der Waals surface area contributed by atoms with Gasteiger partial charge < -0.3 is 15.5 Å². The molecule has 0 aromatic heterocycles. The van der Waals surface area contributed by atoms with E-state index in [-0.39, 0.29) is 28.7 Å². The van der Waals surface area contributed by atoms with Gasteiger partial charge in [-0.25, -0.2) is 0 Å². The number of carbonyl (C=O) groups excluding carboxylic acids is 1. The van der Waals surface area contributed by atoms with Gasteiger partial charge in [0, 0.05) is 24.6 Å². The summed E-state index contributed by atoms with van der Waals surface area (Å²) >= 11 is 0. The minimum absolute atomic E-state index is 0.0893. The van der Waals surface area contributed by atoms with Gasteiger partial charge in [-0.05, 0) is 23.8 Å². The molecule has 0 saturated carbocycles. The van der Waals surface area contributed by atoms with E-state index in [9.17, 15) is 25.1 Å². The zero-order valence-corrected chi connectivity index (χ0v) is 11.7. The van der Waals surface area contributed by atoms with Crippen LogP contribution in [0.4, 0.5) is 5.69 Å². The van der Waals surface area contributed by atoms with E-state index in [1.165, 1.54) is 43.3 Å². The lowest BCUT2D eigenvalue weighted by atomic mass is 9.97. The lowest BCUT2D eigenvalue weighted by Crippen LogP contribution is -2.27. The van der Waals surface area contributed by atoms with Crippen molar-refractivity contribution in [3.8, 4) is 11.5 Å². The number of phenolic OH excluding ortho intramolecular Hbond substituents is 2. The molecule has 1 atom stereocenters. The van der Waals surface area contributed by atoms with Gasteiger partial charge in [-0.15, -0.1) is 0 Å². The van der Waals surface area contributed by atoms with E-state index in [0.717, 1.165) is 0 Å². The summed E-state index contributed by atoms with van der Waals surface area (Å²) in [6, 6.07) is 8.80. The molecule has 0 fully saturated rings. The molecule has 0 radical (unpaired) electrons. The number of nitrogens with one attached hydrogen (secondary N) is 1. The van der Waals surface area contributed by atoms with Crippen LogP contribution in [0.25, 0.3) is 0 Å². The SMILES string of the molecule is CC(=O)N[C@@H](c1cccc([N+](=O)[O-])c1)c1cc(O)ccc1O. The molecular weight excluding hydrogens is 288 g/mol. The predicted molar refractivity (Wildman–Crippen MR) is 78.5 cm³/mol. The molecule has 3 N–H and O–H groups in total. The van der Waals surface area contributed by atoms with E-state index in [0.29, 0.717) is 5.56 Å². The van der Waals surface area contributed by atoms with Crippen LogP contribution < -0.4 is 5.32 Å². The summed E-state index contributed by atoms with van der Waals surface area (Å²) in [5.74, 6) is -0.601. The third-order valence-electron chi connectivity index (χ3n) is 3.08. The summed E-state index contributed by atoms with van der Waals surface area (Å²) in [5.41, 5.74) is 0.536. The Balaban J connectivity index is 2.55. The monoisotopic (exact) mass is 302 g/mol. The number of hydrogen-bond donors (Lipinski definition) is 3. The summed E-state index contributed by atoms with van der Waals surface area (Å²) in [6.45, 7) is 1.30. The maximum atomic E-state index is 11.4. The van der Waals surface area contributed by atoms with Gasteiger partial charge in [-0.1, -0.05) is 12.1 Å². The number of carbonyl (C=O) groups is 1. The fraction of sp³-hybridized carbons (Fsp3) is 0.133. The van der Waals surface area contributed by atoms with E-state index < -0.39 is 11.0 Å². The Labute approximate surface area is 126 Å². The first-order chi connectivity index (χ1) is 10.4. The Bertz CT molecular complexity index is 730. The summed E-state index contributed by atoms with van der Waals surface area (Å²) in [4.78, 5) is 21.8. The van der Waals surface area contributed by atoms with E-state index in [2.05, 4.69) is 5.32 Å². The van der Waals surface area contributed by atoms with Crippen LogP contribution in [-0.2, 0) is 4.79 Å². The Hall–Kier alpha value is -3.09. The lowest BCUT2D eigenvalue weighted by Gasteiger charge is -2.20. The van der Waals surface area contributed by atoms with Crippen molar-refractivity contribution in [2.45, 2.75) is 13.0 Å². The predicted octanol–water partition coefficient (Wildman–Crippen LogP) is 2.23. The molecule has 0 saturated heterocycles. The number of nitrogens with zero attached hydrogens (tertiary/aromatic N) is 1. The van der Waals surface area contributed by atoms with Crippen molar-refractivity contribution >= 4 is 11.6 Å². The third-order valence-corrected chi connectivity index (χ3v) is 3.08. The van der Waals surface area contributed by atoms with Gasteiger partial charge in [0.05, 0.1) is 11.0 Å². The number of nitro groups is 1. The second-order valence-corrected chi connectivity index (χ2v) is 4.73. The van der Waals surface area contributed by atoms with Crippen molar-refractivity contribution in [3.63, 3.8) is 0 Å². The largest absolute Gasteiger partial charge is 0.508 e. The summed E-state index contributed by atoms with van der Waals surface area (Å²) in [6.07, 6.45) is 0. The van der Waals surface area contributed by atoms with Crippen LogP contribution in [0, 0.1) is 10.1 Å². The minimum atomic E-state index is -0.815. The average molecular weight is 302 g/mol. The molecule has 0 heterocycles. The fourth-order valence-corrected chi connectivity index (χ4v) is 2.13. The summed E-state index contributed by atoms with van der Waals surface area (Å²) in [7, 11) is 0. The Morgan fingerprint density at radius 2 is 1.95 bits per heavy atom. The lowest BCUT2D eigenvalue weighted by molar-refractivity contribution is -0.384. The number of hydrogen-bond acceptors (Lipinski definition) is 5. The minimum Gasteiger partial charge on any atom is -0.508 e. The van der Waals surface area contributed by atoms with E-state index >= 15 is 0 Å². The number of non-ortho nitro benzene ring substituents is 1. The average Bonchev–Trinajstić information content (AvgIpc) is 2.47. The molecule has 2 aromatic carbocycles. The maximum absolute atomic E-state index is 11.4. The van der Waals surface area contributed by atoms with Crippen LogP contribution in [-0.4, -0.2) is 21.0 Å². The van der Waals surface area contributed by atoms with Crippen molar-refractivity contribution in [2.24, 2.45) is 0 Å². The van der Waals surface area contributed by atoms with Gasteiger partial charge in [0.25, 0.3) is 5.69 Å². The van der Waals surface area contributed by atoms with E-state index in [4.69, 9.17) is 0 Å². The molecule has 7 nitrogen and oxygen atoms in total. The highest BCUT2D eigenvalue weighted by Gasteiger charge is 2.21. The number of nitro benzene ring substituents is 1. The smallest absolute Gasteiger partial charge is 0.269 e. The zero-order valence-electron chi connectivity index (χ0n) is 11.7. The molecule has 0 aliphatic rings. The standard InChI is InChI=1S/C15H14N2O5/c1-9(18)16-15(13-8-12(19)5-6-14(13)20)10-3-2-4-11(7-10)17(21)22/h2-8,15,19-20H,1H3,(H,16,18)/t15-/m0/s1. The highest BCUT2D eigenvalue weighted by atomic mass is 16.6. The molecular formula is C15H14N2O5. The van der Waals surface area contributed by atoms with Gasteiger partial charge in [0.15, 0.2) is 0 Å². The molecule has 7 heteroatoms. The van der Waals surface area contributed by atoms with Crippen LogP contribution >= 0.6 is 0 Å². The Morgan fingerprint density at radius 3 is 2.59 bits per heavy atom. The molecule has 0 spiro atoms. The molecule has 0 unspecified atom stereocenters. The first-order valence-electron chi connectivity index (χ1n) is 6.42. The molecule has 0 aliphatic heterocycles. The van der Waals surface area contributed by atoms with Gasteiger partial charge in [0.2, 0.25) is 5.91 Å². The molecule has 0 aliphatic carbocycles. The van der Waals surface area contributed by atoms with Crippen molar-refractivity contribution in [2.75, 3.05) is 0 Å². The summed E-state index contributed by atoms with van der Waals surface area (Å²) in [5, 5.41) is 33.0. The van der Waals surface area contributed by atoms with Crippen LogP contribution in [0.5, 0.6) is 11.5 Å². The van der Waals surface area contributed by atoms with Crippen molar-refractivity contribution in [3.05, 3.63) is 63.7 Å². The van der Waals surface area contributed by atoms with Crippen LogP contribution in [0.1, 0.15) is 24.1 Å². The third kappa shape index (κ3) is 3.32. The van der Waals surface area contributed by atoms with E-state index in [1.807, 2.05) is 0 Å². The van der Waals surface area contributed by atoms with Crippen molar-refractivity contribution in [1.29, 1.82) is 0 Å². The Kier molecular flexibility index (Phi) is 4.26. The second kappa shape index (κ2) is 6.13. The molecule has 0 bridgehead atoms. The maximum Gasteiger partial charge on any atom is 0.269 e. The molecule has 1 amide bonds. The van der Waals surface area contributed by atoms with Crippen LogP contribution in [0.3, 0.4) is 0 Å². The second-order valence-electron chi connectivity index (χ2n) is 4.73. The molecule has 114 valence electrons. The van der Waals surface area contributed by atoms with Crippen molar-refractivity contribution in [1.82, 2.24) is 5.32 Å². The highest BCUT2D eigenvalue weighted by Crippen LogP contribution is 2.33. The van der Waals surface area contributed by atoms with Gasteiger partial charge in [-0.3, -0.25) is 14.9 Å². The zero-order chi connectivity index (χ0) is 16.3. The first kappa shape index (κ1) is 15.3. The quantitative estimate of drug-likeness (QED) is 0.455. The number of phenols is 2. The molecule has 22 heavy (non-hydrogen) atoms.